The fourth-order valence-corrected chi connectivity index (χ4v) is 4.00. The molecule has 0 radical (unpaired) electrons. The van der Waals surface area contributed by atoms with Gasteiger partial charge in [0, 0.05) is 10.0 Å². The van der Waals surface area contributed by atoms with Gasteiger partial charge in [0.05, 0.1) is 5.69 Å². The van der Waals surface area contributed by atoms with E-state index in [1.54, 1.807) is 42.5 Å². The molecule has 0 aliphatic carbocycles. The second-order valence-electron chi connectivity index (χ2n) is 6.90. The maximum Gasteiger partial charge on any atom is 0.270 e. The number of benzene rings is 3. The topological polar surface area (TPSA) is 49.4 Å². The van der Waals surface area contributed by atoms with Crippen LogP contribution >= 0.6 is 35.4 Å². The number of halogens is 2. The van der Waals surface area contributed by atoms with Gasteiger partial charge in [0.15, 0.2) is 5.11 Å². The van der Waals surface area contributed by atoms with E-state index in [0.29, 0.717) is 27.7 Å². The van der Waals surface area contributed by atoms with Gasteiger partial charge in [0.1, 0.15) is 5.57 Å². The second-order valence-corrected chi connectivity index (χ2v) is 8.14. The van der Waals surface area contributed by atoms with Crippen molar-refractivity contribution in [2.75, 3.05) is 4.90 Å². The second kappa shape index (κ2) is 9.02. The lowest BCUT2D eigenvalue weighted by Crippen LogP contribution is -2.54. The van der Waals surface area contributed by atoms with Gasteiger partial charge in [-0.05, 0) is 71.7 Å². The summed E-state index contributed by atoms with van der Waals surface area (Å²) in [6.07, 6.45) is 2.07. The van der Waals surface area contributed by atoms with Crippen molar-refractivity contribution in [3.05, 3.63) is 105 Å². The Morgan fingerprint density at radius 2 is 1.61 bits per heavy atom. The summed E-state index contributed by atoms with van der Waals surface area (Å²) in [7, 11) is 0. The van der Waals surface area contributed by atoms with Gasteiger partial charge < -0.3 is 0 Å². The van der Waals surface area contributed by atoms with Crippen LogP contribution in [0.4, 0.5) is 5.69 Å². The van der Waals surface area contributed by atoms with Crippen LogP contribution in [-0.2, 0) is 16.0 Å². The van der Waals surface area contributed by atoms with Gasteiger partial charge in [-0.15, -0.1) is 0 Å². The smallest absolute Gasteiger partial charge is 0.270 e. The van der Waals surface area contributed by atoms with Crippen LogP contribution in [0.1, 0.15) is 16.7 Å². The molecule has 1 N–H and O–H groups in total. The largest absolute Gasteiger partial charge is 0.298 e. The van der Waals surface area contributed by atoms with Crippen LogP contribution in [0.25, 0.3) is 6.08 Å². The minimum atomic E-state index is -0.550. The van der Waals surface area contributed by atoms with Gasteiger partial charge in [-0.2, -0.15) is 0 Å². The Morgan fingerprint density at radius 1 is 0.903 bits per heavy atom. The number of carbonyl (C=O) groups is 2. The van der Waals surface area contributed by atoms with Gasteiger partial charge in [-0.3, -0.25) is 19.8 Å². The number of nitrogens with zero attached hydrogens (tertiary/aromatic N) is 1. The predicted molar refractivity (Wildman–Crippen MR) is 128 cm³/mol. The monoisotopic (exact) mass is 466 g/mol. The van der Waals surface area contributed by atoms with Crippen LogP contribution < -0.4 is 10.2 Å². The highest BCUT2D eigenvalue weighted by molar-refractivity contribution is 7.80. The molecule has 4 nitrogen and oxygen atoms in total. The summed E-state index contributed by atoms with van der Waals surface area (Å²) in [6.45, 7) is 0. The maximum absolute atomic E-state index is 13.2. The molecule has 154 valence electrons. The molecular formula is C24H16Cl2N2O2S. The van der Waals surface area contributed by atoms with Crippen LogP contribution in [0.5, 0.6) is 0 Å². The number of para-hydroxylation sites is 1. The first kappa shape index (κ1) is 21.2. The van der Waals surface area contributed by atoms with Gasteiger partial charge in [0.25, 0.3) is 11.8 Å². The molecule has 31 heavy (non-hydrogen) atoms. The molecule has 1 saturated heterocycles. The minimum absolute atomic E-state index is 0.0277. The van der Waals surface area contributed by atoms with E-state index in [9.17, 15) is 9.59 Å². The Hall–Kier alpha value is -2.99. The summed E-state index contributed by atoms with van der Waals surface area (Å²) in [5, 5.41) is 3.78. The number of thiocarbonyl (C=S) groups is 1. The van der Waals surface area contributed by atoms with E-state index < -0.39 is 11.8 Å². The molecule has 0 bridgehead atoms. The summed E-state index contributed by atoms with van der Waals surface area (Å²) in [5.74, 6) is -1.05. The van der Waals surface area contributed by atoms with Crippen molar-refractivity contribution in [2.24, 2.45) is 0 Å². The molecule has 4 rings (SSSR count). The molecule has 1 heterocycles. The molecule has 0 spiro atoms. The highest BCUT2D eigenvalue weighted by atomic mass is 35.5. The molecule has 1 fully saturated rings. The van der Waals surface area contributed by atoms with Crippen molar-refractivity contribution in [2.45, 2.75) is 6.42 Å². The van der Waals surface area contributed by atoms with Crippen molar-refractivity contribution in [3.63, 3.8) is 0 Å². The predicted octanol–water partition coefficient (Wildman–Crippen LogP) is 5.42. The van der Waals surface area contributed by atoms with Crippen molar-refractivity contribution < 1.29 is 9.59 Å². The van der Waals surface area contributed by atoms with Crippen LogP contribution in [0.15, 0.2) is 78.4 Å². The van der Waals surface area contributed by atoms with Crippen molar-refractivity contribution >= 4 is 64.1 Å². The molecule has 0 aromatic heterocycles. The van der Waals surface area contributed by atoms with E-state index in [-0.39, 0.29) is 10.7 Å². The van der Waals surface area contributed by atoms with Crippen molar-refractivity contribution in [1.82, 2.24) is 5.32 Å². The SMILES string of the molecule is O=C1NC(=S)N(c2ccccc2)C(=O)/C1=C\c1cc(Cl)ccc1Cc1ccccc1Cl. The zero-order valence-electron chi connectivity index (χ0n) is 16.1. The van der Waals surface area contributed by atoms with Crippen LogP contribution in [-0.4, -0.2) is 16.9 Å². The first-order valence-electron chi connectivity index (χ1n) is 9.42. The third-order valence-corrected chi connectivity index (χ3v) is 5.75. The number of carbonyl (C=O) groups excluding carboxylic acids is 2. The Labute approximate surface area is 195 Å². The van der Waals surface area contributed by atoms with E-state index in [4.69, 9.17) is 35.4 Å². The third kappa shape index (κ3) is 4.54. The van der Waals surface area contributed by atoms with Gasteiger partial charge in [0.2, 0.25) is 0 Å². The average molecular weight is 467 g/mol. The molecule has 3 aromatic carbocycles. The zero-order valence-corrected chi connectivity index (χ0v) is 18.5. The highest BCUT2D eigenvalue weighted by Crippen LogP contribution is 2.27. The summed E-state index contributed by atoms with van der Waals surface area (Å²) in [6, 6.07) is 21.8. The quantitative estimate of drug-likeness (QED) is 0.317. The van der Waals surface area contributed by atoms with Crippen molar-refractivity contribution in [3.8, 4) is 0 Å². The van der Waals surface area contributed by atoms with Gasteiger partial charge in [-0.25, -0.2) is 0 Å². The molecule has 2 amide bonds. The van der Waals surface area contributed by atoms with Crippen LogP contribution in [0.2, 0.25) is 10.0 Å². The lowest BCUT2D eigenvalue weighted by atomic mass is 9.97. The zero-order chi connectivity index (χ0) is 22.0. The Kier molecular flexibility index (Phi) is 6.18. The molecule has 0 atom stereocenters. The van der Waals surface area contributed by atoms with E-state index in [2.05, 4.69) is 5.32 Å². The lowest BCUT2D eigenvalue weighted by Gasteiger charge is -2.29. The van der Waals surface area contributed by atoms with E-state index in [1.165, 1.54) is 4.90 Å². The molecule has 7 heteroatoms. The number of hydrogen-bond donors (Lipinski definition) is 1. The van der Waals surface area contributed by atoms with Crippen LogP contribution in [0.3, 0.4) is 0 Å². The fourth-order valence-electron chi connectivity index (χ4n) is 3.33. The fraction of sp³-hybridized carbons (Fsp3) is 0.0417. The summed E-state index contributed by atoms with van der Waals surface area (Å²) in [4.78, 5) is 27.2. The first-order valence-corrected chi connectivity index (χ1v) is 10.6. The third-order valence-electron chi connectivity index (χ3n) is 4.86. The van der Waals surface area contributed by atoms with Crippen LogP contribution in [0, 0.1) is 0 Å². The molecular weight excluding hydrogens is 451 g/mol. The Morgan fingerprint density at radius 3 is 2.35 bits per heavy atom. The summed E-state index contributed by atoms with van der Waals surface area (Å²) < 4.78 is 0. The summed E-state index contributed by atoms with van der Waals surface area (Å²) >= 11 is 17.8. The van der Waals surface area contributed by atoms with E-state index >= 15 is 0 Å². The molecule has 3 aromatic rings. The average Bonchev–Trinajstić information content (AvgIpc) is 2.75. The highest BCUT2D eigenvalue weighted by Gasteiger charge is 2.34. The Bertz CT molecular complexity index is 1230. The minimum Gasteiger partial charge on any atom is -0.298 e. The Balaban J connectivity index is 1.75. The standard InChI is InChI=1S/C24H16Cl2N2O2S/c25-18-11-10-15(12-16-6-4-5-9-21(16)26)17(13-18)14-20-22(29)27-24(31)28(23(20)30)19-7-2-1-3-8-19/h1-11,13-14H,12H2,(H,27,29,31)/b20-14-. The van der Waals surface area contributed by atoms with E-state index in [1.807, 2.05) is 36.4 Å². The lowest BCUT2D eigenvalue weighted by molar-refractivity contribution is -0.122. The number of nitrogens with one attached hydrogen (secondary N) is 1. The summed E-state index contributed by atoms with van der Waals surface area (Å²) in [5.41, 5.74) is 3.01. The number of amides is 2. The number of hydrogen-bond acceptors (Lipinski definition) is 3. The molecule has 1 aliphatic rings. The van der Waals surface area contributed by atoms with Gasteiger partial charge >= 0.3 is 0 Å². The van der Waals surface area contributed by atoms with Crippen molar-refractivity contribution in [1.29, 1.82) is 0 Å². The number of anilines is 1. The maximum atomic E-state index is 13.2. The first-order chi connectivity index (χ1) is 14.9. The number of rotatable bonds is 4. The normalized spacial score (nSPS) is 15.4. The molecule has 1 aliphatic heterocycles. The van der Waals surface area contributed by atoms with E-state index in [0.717, 1.165) is 11.1 Å². The molecule has 0 saturated carbocycles. The molecule has 0 unspecified atom stereocenters. The van der Waals surface area contributed by atoms with Gasteiger partial charge in [-0.1, -0.05) is 65.7 Å².